The lowest BCUT2D eigenvalue weighted by molar-refractivity contribution is 0.373. The van der Waals surface area contributed by atoms with E-state index in [1.54, 1.807) is 22.9 Å². The molecule has 0 saturated heterocycles. The monoisotopic (exact) mass is 430 g/mol. The van der Waals surface area contributed by atoms with Gasteiger partial charge in [0.25, 0.3) is 5.95 Å². The highest BCUT2D eigenvalue weighted by Gasteiger charge is 2.12. The smallest absolute Gasteiger partial charge is 0.257 e. The first-order valence-electron chi connectivity index (χ1n) is 9.80. The second-order valence-corrected chi connectivity index (χ2v) is 6.88. The van der Waals surface area contributed by atoms with Gasteiger partial charge < -0.3 is 15.2 Å². The summed E-state index contributed by atoms with van der Waals surface area (Å²) in [7, 11) is 1.49. The van der Waals surface area contributed by atoms with Crippen LogP contribution in [0.1, 0.15) is 17.0 Å². The number of aromatic hydroxyl groups is 1. The normalized spacial score (nSPS) is 11.0. The Balaban J connectivity index is 1.65. The van der Waals surface area contributed by atoms with Crippen LogP contribution in [0.15, 0.2) is 59.7 Å². The number of hydrogen-bond acceptors (Lipinski definition) is 9. The highest BCUT2D eigenvalue weighted by Crippen LogP contribution is 2.28. The molecule has 32 heavy (non-hydrogen) atoms. The molecule has 0 amide bonds. The summed E-state index contributed by atoms with van der Waals surface area (Å²) in [6.45, 7) is 3.82. The van der Waals surface area contributed by atoms with Gasteiger partial charge in [-0.2, -0.15) is 25.2 Å². The van der Waals surface area contributed by atoms with Crippen molar-refractivity contribution in [3.8, 4) is 17.4 Å². The van der Waals surface area contributed by atoms with E-state index in [1.165, 1.54) is 13.3 Å². The Morgan fingerprint density at radius 3 is 2.50 bits per heavy atom. The lowest BCUT2D eigenvalue weighted by Crippen LogP contribution is -2.11. The predicted octanol–water partition coefficient (Wildman–Crippen LogP) is 3.58. The summed E-state index contributed by atoms with van der Waals surface area (Å²) in [4.78, 5) is 13.3. The number of benzene rings is 2. The van der Waals surface area contributed by atoms with Crippen molar-refractivity contribution in [3.05, 3.63) is 71.5 Å². The first-order valence-corrected chi connectivity index (χ1v) is 9.80. The van der Waals surface area contributed by atoms with E-state index in [0.717, 1.165) is 17.1 Å². The van der Waals surface area contributed by atoms with E-state index in [4.69, 9.17) is 4.74 Å². The Morgan fingerprint density at radius 2 is 1.78 bits per heavy atom. The fraction of sp³-hybridized carbons (Fsp3) is 0.136. The highest BCUT2D eigenvalue weighted by molar-refractivity contribution is 5.85. The largest absolute Gasteiger partial charge is 0.504 e. The van der Waals surface area contributed by atoms with E-state index < -0.39 is 0 Å². The molecule has 3 N–H and O–H groups in total. The predicted molar refractivity (Wildman–Crippen MR) is 122 cm³/mol. The third kappa shape index (κ3) is 4.64. The molecule has 0 bridgehead atoms. The number of rotatable bonds is 7. The van der Waals surface area contributed by atoms with Gasteiger partial charge in [0.2, 0.25) is 11.9 Å². The SMILES string of the molecule is COc1cccc(/C=N/Nc2nc(Nc3ccccc3)nc(-n3nc(C)cc3C)n2)c1O. The fourth-order valence-corrected chi connectivity index (χ4v) is 3.02. The van der Waals surface area contributed by atoms with Gasteiger partial charge in [-0.25, -0.2) is 10.1 Å². The molecule has 4 aromatic rings. The molecule has 162 valence electrons. The van der Waals surface area contributed by atoms with Gasteiger partial charge >= 0.3 is 0 Å². The molecule has 0 fully saturated rings. The third-order valence-corrected chi connectivity index (χ3v) is 4.47. The number of aryl methyl sites for hydroxylation is 2. The van der Waals surface area contributed by atoms with E-state index in [-0.39, 0.29) is 11.7 Å². The molecule has 10 heteroatoms. The van der Waals surface area contributed by atoms with Crippen molar-refractivity contribution in [1.82, 2.24) is 24.7 Å². The molecule has 0 radical (unpaired) electrons. The zero-order valence-electron chi connectivity index (χ0n) is 17.8. The van der Waals surface area contributed by atoms with Crippen LogP contribution in [0, 0.1) is 13.8 Å². The van der Waals surface area contributed by atoms with Crippen LogP contribution in [0.25, 0.3) is 5.95 Å². The van der Waals surface area contributed by atoms with Crippen LogP contribution in [0.5, 0.6) is 11.5 Å². The zero-order chi connectivity index (χ0) is 22.5. The molecule has 0 saturated carbocycles. The number of phenols is 1. The van der Waals surface area contributed by atoms with E-state index in [0.29, 0.717) is 23.2 Å². The molecule has 4 rings (SSSR count). The van der Waals surface area contributed by atoms with Crippen LogP contribution in [0.4, 0.5) is 17.6 Å². The van der Waals surface area contributed by atoms with Crippen molar-refractivity contribution in [2.75, 3.05) is 17.9 Å². The lowest BCUT2D eigenvalue weighted by Gasteiger charge is -2.09. The Morgan fingerprint density at radius 1 is 1.00 bits per heavy atom. The van der Waals surface area contributed by atoms with Gasteiger partial charge in [0.15, 0.2) is 11.5 Å². The standard InChI is InChI=1S/C22H22N8O2/c1-14-12-15(2)30(29-14)22-26-20(24-17-9-5-4-6-10-17)25-21(27-22)28-23-13-16-8-7-11-18(32-3)19(16)31/h4-13,31H,1-3H3,(H2,24,25,26,27,28)/b23-13+. The Hall–Kier alpha value is -4.47. The van der Waals surface area contributed by atoms with Gasteiger partial charge in [-0.05, 0) is 44.2 Å². The van der Waals surface area contributed by atoms with Gasteiger partial charge in [0.05, 0.1) is 19.0 Å². The Labute approximate surface area is 184 Å². The summed E-state index contributed by atoms with van der Waals surface area (Å²) < 4.78 is 6.75. The first kappa shape index (κ1) is 20.8. The van der Waals surface area contributed by atoms with Crippen LogP contribution >= 0.6 is 0 Å². The van der Waals surface area contributed by atoms with Gasteiger partial charge in [-0.1, -0.05) is 24.3 Å². The average Bonchev–Trinajstić information content (AvgIpc) is 3.13. The quantitative estimate of drug-likeness (QED) is 0.300. The molecule has 0 spiro atoms. The van der Waals surface area contributed by atoms with Crippen molar-refractivity contribution in [1.29, 1.82) is 0 Å². The van der Waals surface area contributed by atoms with Gasteiger partial charge in [0, 0.05) is 16.9 Å². The Kier molecular flexibility index (Phi) is 5.93. The van der Waals surface area contributed by atoms with Gasteiger partial charge in [-0.15, -0.1) is 0 Å². The summed E-state index contributed by atoms with van der Waals surface area (Å²) in [6, 6.07) is 16.6. The van der Waals surface area contributed by atoms with Crippen molar-refractivity contribution in [2.45, 2.75) is 13.8 Å². The third-order valence-electron chi connectivity index (χ3n) is 4.47. The first-order chi connectivity index (χ1) is 15.5. The van der Waals surface area contributed by atoms with Crippen molar-refractivity contribution < 1.29 is 9.84 Å². The molecule has 0 aliphatic carbocycles. The van der Waals surface area contributed by atoms with Crippen molar-refractivity contribution >= 4 is 23.8 Å². The Bertz CT molecular complexity index is 1250. The van der Waals surface area contributed by atoms with E-state index in [2.05, 4.69) is 35.9 Å². The van der Waals surface area contributed by atoms with E-state index in [1.807, 2.05) is 50.2 Å². The summed E-state index contributed by atoms with van der Waals surface area (Å²) in [5, 5.41) is 22.0. The van der Waals surface area contributed by atoms with E-state index >= 15 is 0 Å². The number of phenolic OH excluding ortho intramolecular Hbond substituents is 1. The number of ether oxygens (including phenoxy) is 1. The van der Waals surface area contributed by atoms with Crippen molar-refractivity contribution in [2.24, 2.45) is 5.10 Å². The minimum absolute atomic E-state index is 0.00837. The number of anilines is 3. The topological polar surface area (TPSA) is 122 Å². The molecular formula is C22H22N8O2. The summed E-state index contributed by atoms with van der Waals surface area (Å²) in [6.07, 6.45) is 1.45. The van der Waals surface area contributed by atoms with Crippen molar-refractivity contribution in [3.63, 3.8) is 0 Å². The maximum atomic E-state index is 10.2. The molecular weight excluding hydrogens is 408 g/mol. The minimum Gasteiger partial charge on any atom is -0.504 e. The summed E-state index contributed by atoms with van der Waals surface area (Å²) >= 11 is 0. The fourth-order valence-electron chi connectivity index (χ4n) is 3.02. The molecule has 0 aliphatic heterocycles. The number of methoxy groups -OCH3 is 1. The molecule has 10 nitrogen and oxygen atoms in total. The van der Waals surface area contributed by atoms with Crippen LogP contribution in [-0.4, -0.2) is 43.2 Å². The molecule has 0 atom stereocenters. The summed E-state index contributed by atoms with van der Waals surface area (Å²) in [5.74, 6) is 1.22. The number of hydrazone groups is 1. The molecule has 2 aromatic heterocycles. The second kappa shape index (κ2) is 9.13. The molecule has 0 aliphatic rings. The van der Waals surface area contributed by atoms with E-state index in [9.17, 15) is 5.11 Å². The van der Waals surface area contributed by atoms with Crippen LogP contribution < -0.4 is 15.5 Å². The van der Waals surface area contributed by atoms with Gasteiger partial charge in [0.1, 0.15) is 0 Å². The van der Waals surface area contributed by atoms with Gasteiger partial charge in [-0.3, -0.25) is 0 Å². The number of aromatic nitrogens is 5. The molecule has 2 aromatic carbocycles. The summed E-state index contributed by atoms with van der Waals surface area (Å²) in [5.41, 5.74) is 5.83. The number of nitrogens with zero attached hydrogens (tertiary/aromatic N) is 6. The average molecular weight is 430 g/mol. The lowest BCUT2D eigenvalue weighted by atomic mass is 10.2. The molecule has 2 heterocycles. The van der Waals surface area contributed by atoms with Crippen LogP contribution in [-0.2, 0) is 0 Å². The second-order valence-electron chi connectivity index (χ2n) is 6.88. The number of hydrogen-bond donors (Lipinski definition) is 3. The number of para-hydroxylation sites is 2. The minimum atomic E-state index is -0.00837. The number of nitrogens with one attached hydrogen (secondary N) is 2. The van der Waals surface area contributed by atoms with Crippen LogP contribution in [0.2, 0.25) is 0 Å². The van der Waals surface area contributed by atoms with Crippen LogP contribution in [0.3, 0.4) is 0 Å². The zero-order valence-corrected chi connectivity index (χ0v) is 17.8. The highest BCUT2D eigenvalue weighted by atomic mass is 16.5. The maximum Gasteiger partial charge on any atom is 0.257 e. The maximum absolute atomic E-state index is 10.2. The molecule has 0 unspecified atom stereocenters.